The molecule has 3 nitrogen and oxygen atoms in total. The van der Waals surface area contributed by atoms with E-state index in [2.05, 4.69) is 19.2 Å². The maximum atomic E-state index is 11.7. The van der Waals surface area contributed by atoms with Crippen LogP contribution in [0.1, 0.15) is 66.7 Å². The fourth-order valence-corrected chi connectivity index (χ4v) is 1.64. The van der Waals surface area contributed by atoms with Gasteiger partial charge in [0.2, 0.25) is 5.91 Å². The lowest BCUT2D eigenvalue weighted by molar-refractivity contribution is -0.131. The molecule has 0 radical (unpaired) electrons. The van der Waals surface area contributed by atoms with Gasteiger partial charge >= 0.3 is 0 Å². The van der Waals surface area contributed by atoms with Gasteiger partial charge in [-0.15, -0.1) is 0 Å². The van der Waals surface area contributed by atoms with Gasteiger partial charge in [0.15, 0.2) is 0 Å². The lowest BCUT2D eigenvalue weighted by Gasteiger charge is -2.22. The Morgan fingerprint density at radius 2 is 1.82 bits per heavy atom. The van der Waals surface area contributed by atoms with Crippen molar-refractivity contribution in [3.8, 4) is 0 Å². The Bertz CT molecular complexity index is 209. The molecule has 0 saturated carbocycles. The van der Waals surface area contributed by atoms with Gasteiger partial charge in [-0.1, -0.05) is 33.1 Å². The molecule has 0 saturated heterocycles. The summed E-state index contributed by atoms with van der Waals surface area (Å²) in [6.45, 7) is 10.4. The first kappa shape index (κ1) is 16.4. The van der Waals surface area contributed by atoms with Crippen molar-refractivity contribution in [1.29, 1.82) is 0 Å². The number of carbonyl (C=O) groups is 1. The molecule has 1 atom stereocenters. The van der Waals surface area contributed by atoms with Crippen LogP contribution in [-0.4, -0.2) is 24.2 Å². The summed E-state index contributed by atoms with van der Waals surface area (Å²) in [6.07, 6.45) is 5.58. The summed E-state index contributed by atoms with van der Waals surface area (Å²) in [6, 6.07) is 0.316. The molecule has 1 amide bonds. The number of carbonyl (C=O) groups excluding carboxylic acids is 1. The topological polar surface area (TPSA) is 38.3 Å². The molecule has 1 unspecified atom stereocenters. The van der Waals surface area contributed by atoms with Crippen LogP contribution in [0, 0.1) is 0 Å². The van der Waals surface area contributed by atoms with Gasteiger partial charge in [0, 0.05) is 6.04 Å². The highest BCUT2D eigenvalue weighted by molar-refractivity contribution is 5.77. The van der Waals surface area contributed by atoms with Crippen LogP contribution in [0.2, 0.25) is 0 Å². The second-order valence-electron chi connectivity index (χ2n) is 5.60. The zero-order valence-corrected chi connectivity index (χ0v) is 12.1. The highest BCUT2D eigenvalue weighted by atomic mass is 16.5. The van der Waals surface area contributed by atoms with Crippen molar-refractivity contribution < 1.29 is 9.53 Å². The quantitative estimate of drug-likeness (QED) is 0.710. The normalized spacial score (nSPS) is 13.5. The van der Waals surface area contributed by atoms with Gasteiger partial charge in [-0.3, -0.25) is 4.79 Å². The van der Waals surface area contributed by atoms with Gasteiger partial charge in [-0.05, 0) is 33.6 Å². The Labute approximate surface area is 106 Å². The van der Waals surface area contributed by atoms with E-state index < -0.39 is 0 Å². The summed E-state index contributed by atoms with van der Waals surface area (Å²) in [5, 5.41) is 3.06. The zero-order chi connectivity index (χ0) is 13.3. The molecule has 0 bridgehead atoms. The van der Waals surface area contributed by atoms with E-state index in [-0.39, 0.29) is 18.1 Å². The second-order valence-corrected chi connectivity index (χ2v) is 5.60. The number of amides is 1. The van der Waals surface area contributed by atoms with E-state index in [1.807, 2.05) is 20.8 Å². The fraction of sp³-hybridized carbons (Fsp3) is 0.929. The first-order valence-electron chi connectivity index (χ1n) is 6.82. The van der Waals surface area contributed by atoms with Crippen molar-refractivity contribution in [2.24, 2.45) is 0 Å². The fourth-order valence-electron chi connectivity index (χ4n) is 1.64. The first-order valence-corrected chi connectivity index (χ1v) is 6.82. The third-order valence-electron chi connectivity index (χ3n) is 2.54. The van der Waals surface area contributed by atoms with Crippen molar-refractivity contribution in [3.63, 3.8) is 0 Å². The Balaban J connectivity index is 3.94. The van der Waals surface area contributed by atoms with Crippen LogP contribution in [0.3, 0.4) is 0 Å². The van der Waals surface area contributed by atoms with E-state index in [9.17, 15) is 4.79 Å². The lowest BCUT2D eigenvalue weighted by atomic mass is 10.1. The monoisotopic (exact) mass is 243 g/mol. The largest absolute Gasteiger partial charge is 0.366 e. The minimum Gasteiger partial charge on any atom is -0.366 e. The predicted octanol–water partition coefficient (Wildman–Crippen LogP) is 3.28. The van der Waals surface area contributed by atoms with Crippen LogP contribution in [0.4, 0.5) is 0 Å². The Hall–Kier alpha value is -0.570. The van der Waals surface area contributed by atoms with Crippen molar-refractivity contribution in [2.45, 2.75) is 78.4 Å². The van der Waals surface area contributed by atoms with Crippen LogP contribution >= 0.6 is 0 Å². The molecule has 17 heavy (non-hydrogen) atoms. The number of nitrogens with one attached hydrogen (secondary N) is 1. The van der Waals surface area contributed by atoms with Gasteiger partial charge in [-0.25, -0.2) is 0 Å². The summed E-state index contributed by atoms with van der Waals surface area (Å²) in [5.74, 6) is 0.00878. The molecule has 102 valence electrons. The van der Waals surface area contributed by atoms with Crippen LogP contribution in [0.25, 0.3) is 0 Å². The van der Waals surface area contributed by atoms with Crippen molar-refractivity contribution in [3.05, 3.63) is 0 Å². The molecule has 0 spiro atoms. The third kappa shape index (κ3) is 10.3. The zero-order valence-electron chi connectivity index (χ0n) is 12.1. The Morgan fingerprint density at radius 3 is 2.29 bits per heavy atom. The molecule has 0 rings (SSSR count). The molecule has 1 N–H and O–H groups in total. The average Bonchev–Trinajstić information content (AvgIpc) is 2.22. The molecule has 0 aromatic rings. The molecular formula is C14H29NO2. The molecule has 0 aliphatic rings. The van der Waals surface area contributed by atoms with Crippen LogP contribution in [0.15, 0.2) is 0 Å². The number of rotatable bonds is 8. The lowest BCUT2D eigenvalue weighted by Crippen LogP contribution is -2.38. The summed E-state index contributed by atoms with van der Waals surface area (Å²) < 4.78 is 5.46. The highest BCUT2D eigenvalue weighted by Crippen LogP contribution is 2.08. The van der Waals surface area contributed by atoms with Gasteiger partial charge in [0.25, 0.3) is 0 Å². The SMILES string of the molecule is CCCCC(CCC)NC(=O)COC(C)(C)C. The van der Waals surface area contributed by atoms with Gasteiger partial charge in [0.1, 0.15) is 6.61 Å². The minimum atomic E-state index is -0.249. The van der Waals surface area contributed by atoms with Crippen molar-refractivity contribution in [1.82, 2.24) is 5.32 Å². The summed E-state index contributed by atoms with van der Waals surface area (Å²) in [4.78, 5) is 11.7. The number of hydrogen-bond donors (Lipinski definition) is 1. The molecule has 0 fully saturated rings. The standard InChI is InChI=1S/C14H29NO2/c1-6-8-10-12(9-7-2)15-13(16)11-17-14(3,4)5/h12H,6-11H2,1-5H3,(H,15,16). The highest BCUT2D eigenvalue weighted by Gasteiger charge is 2.15. The van der Waals surface area contributed by atoms with E-state index in [0.717, 1.165) is 19.3 Å². The first-order chi connectivity index (χ1) is 7.89. The van der Waals surface area contributed by atoms with Crippen molar-refractivity contribution >= 4 is 5.91 Å². The predicted molar refractivity (Wildman–Crippen MR) is 72.1 cm³/mol. The number of hydrogen-bond acceptors (Lipinski definition) is 2. The van der Waals surface area contributed by atoms with E-state index in [1.165, 1.54) is 12.8 Å². The maximum absolute atomic E-state index is 11.7. The summed E-state index contributed by atoms with van der Waals surface area (Å²) in [5.41, 5.74) is -0.249. The Kier molecular flexibility index (Phi) is 8.23. The molecule has 3 heteroatoms. The molecule has 0 aromatic carbocycles. The molecule has 0 aromatic heterocycles. The third-order valence-corrected chi connectivity index (χ3v) is 2.54. The molecule has 0 aliphatic heterocycles. The molecular weight excluding hydrogens is 214 g/mol. The summed E-state index contributed by atoms with van der Waals surface area (Å²) in [7, 11) is 0. The van der Waals surface area contributed by atoms with E-state index >= 15 is 0 Å². The van der Waals surface area contributed by atoms with Crippen molar-refractivity contribution in [2.75, 3.05) is 6.61 Å². The van der Waals surface area contributed by atoms with Crippen LogP contribution in [-0.2, 0) is 9.53 Å². The average molecular weight is 243 g/mol. The van der Waals surface area contributed by atoms with E-state index in [0.29, 0.717) is 6.04 Å². The maximum Gasteiger partial charge on any atom is 0.246 e. The van der Waals surface area contributed by atoms with Gasteiger partial charge in [0.05, 0.1) is 5.60 Å². The number of unbranched alkanes of at least 4 members (excludes halogenated alkanes) is 1. The van der Waals surface area contributed by atoms with Gasteiger partial charge < -0.3 is 10.1 Å². The molecule has 0 heterocycles. The summed E-state index contributed by atoms with van der Waals surface area (Å²) >= 11 is 0. The van der Waals surface area contributed by atoms with E-state index in [1.54, 1.807) is 0 Å². The van der Waals surface area contributed by atoms with E-state index in [4.69, 9.17) is 4.74 Å². The second kappa shape index (κ2) is 8.51. The number of ether oxygens (including phenoxy) is 1. The molecule has 0 aliphatic carbocycles. The van der Waals surface area contributed by atoms with Gasteiger partial charge in [-0.2, -0.15) is 0 Å². The van der Waals surface area contributed by atoms with Crippen LogP contribution in [0.5, 0.6) is 0 Å². The Morgan fingerprint density at radius 1 is 1.18 bits per heavy atom. The minimum absolute atomic E-state index is 0.00878. The smallest absolute Gasteiger partial charge is 0.246 e. The van der Waals surface area contributed by atoms with Crippen LogP contribution < -0.4 is 5.32 Å².